The van der Waals surface area contributed by atoms with E-state index in [-0.39, 0.29) is 137 Å². The van der Waals surface area contributed by atoms with Gasteiger partial charge >= 0.3 is 12.1 Å². The van der Waals surface area contributed by atoms with E-state index in [9.17, 15) is 55.2 Å². The lowest BCUT2D eigenvalue weighted by molar-refractivity contribution is -0.175. The summed E-state index contributed by atoms with van der Waals surface area (Å²) < 4.78 is 81.1. The summed E-state index contributed by atoms with van der Waals surface area (Å²) >= 11 is 0. The third kappa shape index (κ3) is 18.5. The van der Waals surface area contributed by atoms with Crippen molar-refractivity contribution in [2.45, 2.75) is 135 Å². The minimum absolute atomic E-state index is 0.0817. The van der Waals surface area contributed by atoms with Gasteiger partial charge in [0, 0.05) is 91.8 Å². The Morgan fingerprint density at radius 3 is 2.33 bits per heavy atom. The molecule has 4 aromatic heterocycles. The van der Waals surface area contributed by atoms with E-state index in [2.05, 4.69) is 36.2 Å². The highest BCUT2D eigenvalue weighted by molar-refractivity contribution is 7.90. The van der Waals surface area contributed by atoms with Crippen LogP contribution in [0.15, 0.2) is 83.1 Å². The maximum absolute atomic E-state index is 14.4. The lowest BCUT2D eigenvalue weighted by Crippen LogP contribution is -2.47. The van der Waals surface area contributed by atoms with Crippen LogP contribution in [-0.2, 0) is 112 Å². The molecular formula is C63H78N12O17S2. The number of ether oxygens (including phenoxy) is 5. The van der Waals surface area contributed by atoms with Gasteiger partial charge in [-0.25, -0.2) is 46.1 Å². The Morgan fingerprint density at radius 1 is 0.872 bits per heavy atom. The van der Waals surface area contributed by atoms with E-state index in [1.807, 2.05) is 24.3 Å². The molecule has 0 unspecified atom stereocenters. The van der Waals surface area contributed by atoms with Crippen LogP contribution in [0.3, 0.4) is 0 Å². The summed E-state index contributed by atoms with van der Waals surface area (Å²) in [6.45, 7) is 5.82. The highest BCUT2D eigenvalue weighted by Gasteiger charge is 2.51. The Labute approximate surface area is 543 Å². The van der Waals surface area contributed by atoms with Crippen LogP contribution < -0.4 is 27.2 Å². The topological polar surface area (TPSA) is 391 Å². The Balaban J connectivity index is 0.742. The third-order valence-electron chi connectivity index (χ3n) is 15.8. The first-order valence-electron chi connectivity index (χ1n) is 30.8. The number of anilines is 1. The van der Waals surface area contributed by atoms with Crippen molar-refractivity contribution in [2.75, 3.05) is 63.9 Å². The number of benzene rings is 2. The first-order valence-corrected chi connectivity index (χ1v) is 34.6. The number of nitrogens with one attached hydrogen (secondary N) is 3. The minimum Gasteiger partial charge on any atom is -0.457 e. The summed E-state index contributed by atoms with van der Waals surface area (Å²) in [7, 11) is -7.14. The number of ketones is 2. The molecule has 0 spiro atoms. The molecule has 504 valence electrons. The predicted octanol–water partition coefficient (Wildman–Crippen LogP) is 3.99. The van der Waals surface area contributed by atoms with Gasteiger partial charge < -0.3 is 49.9 Å². The number of carbonyl (C=O) groups is 7. The molecule has 31 heteroatoms. The standard InChI is InChI=1S/C63H78N12O17S2/c1-6-63(52-30-54-56-50(35-74(54)59(81)51(52)39-90-60(63)82)48(49-15-7-8-16-53(49)70-56)22-25-75(40(2)3)94(5,86)87)92-62(83)91-36-41-18-20-44(21-19-41)69-58(80)42(13-9-10-23-64)29-47(77)38-89-37-46(76)14-12-27-88-28-26-73-34-45(71-72-73)33-66-55(78)17-11-24-65-57(79)43-31-67-61(68-32-43)93(4,84)85/h7-8,15-16,18-21,30-32,34,40,42H,6,9-14,17,22-29,33,35-39,64H2,1-5H3,(H,65,79)(H,66,78)(H,69,80)/t42-,63+/m1/s1. The number of para-hydroxylation sites is 1. The van der Waals surface area contributed by atoms with Gasteiger partial charge in [0.2, 0.25) is 42.4 Å². The van der Waals surface area contributed by atoms with Crippen molar-refractivity contribution >= 4 is 77.9 Å². The summed E-state index contributed by atoms with van der Waals surface area (Å²) in [6.07, 6.45) is 7.45. The number of carbonyl (C=O) groups excluding carboxylic acids is 7. The van der Waals surface area contributed by atoms with Crippen LogP contribution in [0.1, 0.15) is 122 Å². The number of sulfone groups is 1. The summed E-state index contributed by atoms with van der Waals surface area (Å²) in [4.78, 5) is 118. The van der Waals surface area contributed by atoms with E-state index in [0.717, 1.165) is 35.2 Å². The molecule has 6 aromatic rings. The van der Waals surface area contributed by atoms with E-state index in [0.29, 0.717) is 85.5 Å². The number of nitrogens with zero attached hydrogens (tertiary/aromatic N) is 8. The molecular weight excluding hydrogens is 1260 g/mol. The molecule has 5 N–H and O–H groups in total. The summed E-state index contributed by atoms with van der Waals surface area (Å²) in [6, 6.07) is 15.2. The van der Waals surface area contributed by atoms with Crippen LogP contribution in [-0.4, -0.2) is 162 Å². The zero-order valence-electron chi connectivity index (χ0n) is 53.1. The molecule has 0 fully saturated rings. The van der Waals surface area contributed by atoms with Gasteiger partial charge in [-0.2, -0.15) is 4.31 Å². The fourth-order valence-corrected chi connectivity index (χ4v) is 12.7. The van der Waals surface area contributed by atoms with Crippen LogP contribution in [0.5, 0.6) is 0 Å². The van der Waals surface area contributed by atoms with Gasteiger partial charge in [-0.15, -0.1) is 5.10 Å². The van der Waals surface area contributed by atoms with Crippen molar-refractivity contribution in [1.29, 1.82) is 0 Å². The number of aromatic nitrogens is 7. The number of rotatable bonds is 36. The molecule has 2 atom stereocenters. The Kier molecular flexibility index (Phi) is 24.5. The van der Waals surface area contributed by atoms with Crippen molar-refractivity contribution in [3.8, 4) is 11.4 Å². The van der Waals surface area contributed by atoms with E-state index < -0.39 is 60.9 Å². The van der Waals surface area contributed by atoms with Crippen LogP contribution in [0.4, 0.5) is 10.5 Å². The first-order chi connectivity index (χ1) is 44.9. The quantitative estimate of drug-likeness (QED) is 0.0245. The number of hydrogen-bond acceptors (Lipinski definition) is 23. The number of cyclic esters (lactones) is 1. The molecule has 0 bridgehead atoms. The smallest absolute Gasteiger partial charge is 0.457 e. The van der Waals surface area contributed by atoms with Gasteiger partial charge in [0.1, 0.15) is 32.1 Å². The zero-order chi connectivity index (χ0) is 67.7. The monoisotopic (exact) mass is 1340 g/mol. The van der Waals surface area contributed by atoms with E-state index >= 15 is 0 Å². The van der Waals surface area contributed by atoms with Crippen LogP contribution in [0.25, 0.3) is 22.3 Å². The second-order valence-corrected chi connectivity index (χ2v) is 27.0. The van der Waals surface area contributed by atoms with Crippen LogP contribution in [0, 0.1) is 5.92 Å². The second kappa shape index (κ2) is 32.4. The van der Waals surface area contributed by atoms with Crippen molar-refractivity contribution in [3.63, 3.8) is 0 Å². The maximum Gasteiger partial charge on any atom is 0.510 e. The van der Waals surface area contributed by atoms with Crippen LogP contribution in [0.2, 0.25) is 0 Å². The maximum atomic E-state index is 14.4. The molecule has 94 heavy (non-hydrogen) atoms. The SMILES string of the molecule is CC[C@@]1(OC(=O)OCc2ccc(NC(=O)[C@H](CCCCN)CC(=O)COCC(=O)CCCOCCn3cc(CNC(=O)CCCNC(=O)c4cnc(S(C)(=O)=O)nc4)nn3)cc2)C(=O)OCc2c1cc1n(c2=O)Cc2c-1nc1ccccc1c2CCN(C(C)C)S(C)(=O)=O. The molecule has 2 aromatic carbocycles. The fraction of sp³-hybridized carbons (Fsp3) is 0.476. The van der Waals surface area contributed by atoms with E-state index in [1.165, 1.54) is 15.1 Å². The Hall–Kier alpha value is -8.75. The van der Waals surface area contributed by atoms with Crippen molar-refractivity contribution < 1.29 is 74.1 Å². The van der Waals surface area contributed by atoms with Gasteiger partial charge in [-0.05, 0) is 94.3 Å². The largest absolute Gasteiger partial charge is 0.510 e. The number of nitrogens with two attached hydrogens (primary N) is 1. The average molecular weight is 1340 g/mol. The first kappa shape index (κ1) is 71.1. The molecule has 0 saturated carbocycles. The number of unbranched alkanes of at least 4 members (excludes halogenated alkanes) is 1. The summed E-state index contributed by atoms with van der Waals surface area (Å²) in [5, 5.41) is 16.7. The second-order valence-electron chi connectivity index (χ2n) is 23.2. The number of amides is 3. The molecule has 6 heterocycles. The number of sulfonamides is 1. The lowest BCUT2D eigenvalue weighted by Gasteiger charge is -2.35. The molecule has 2 aliphatic heterocycles. The predicted molar refractivity (Wildman–Crippen MR) is 340 cm³/mol. The molecule has 0 radical (unpaired) electrons. The van der Waals surface area contributed by atoms with Crippen LogP contribution >= 0.6 is 0 Å². The minimum atomic E-state index is -3.60. The van der Waals surface area contributed by atoms with Gasteiger partial charge in [0.25, 0.3) is 11.5 Å². The molecule has 0 aliphatic carbocycles. The molecule has 29 nitrogen and oxygen atoms in total. The van der Waals surface area contributed by atoms with Gasteiger partial charge in [-0.3, -0.25) is 28.8 Å². The van der Waals surface area contributed by atoms with E-state index in [1.54, 1.807) is 62.0 Å². The highest BCUT2D eigenvalue weighted by atomic mass is 32.2. The molecule has 8 rings (SSSR count). The van der Waals surface area contributed by atoms with Crippen molar-refractivity contribution in [2.24, 2.45) is 11.7 Å². The van der Waals surface area contributed by atoms with Crippen molar-refractivity contribution in [1.82, 2.24) is 49.5 Å². The zero-order valence-corrected chi connectivity index (χ0v) is 54.7. The highest BCUT2D eigenvalue weighted by Crippen LogP contribution is 2.42. The van der Waals surface area contributed by atoms with Crippen molar-refractivity contribution in [3.05, 3.63) is 123 Å². The Morgan fingerprint density at radius 2 is 1.62 bits per heavy atom. The third-order valence-corrected chi connectivity index (χ3v) is 18.2. The average Bonchev–Trinajstić information content (AvgIpc) is 1.47. The summed E-state index contributed by atoms with van der Waals surface area (Å²) in [5.41, 5.74) is 8.01. The van der Waals surface area contributed by atoms with E-state index in [4.69, 9.17) is 34.4 Å². The molecule has 0 saturated heterocycles. The number of esters is 1. The Bertz CT molecular complexity index is 4050. The normalized spacial score (nSPS) is 14.6. The van der Waals surface area contributed by atoms with Gasteiger partial charge in [-0.1, -0.05) is 48.9 Å². The lowest BCUT2D eigenvalue weighted by atomic mass is 9.85. The number of hydrogen-bond donors (Lipinski definition) is 4. The number of pyridine rings is 2. The van der Waals surface area contributed by atoms with Gasteiger partial charge in [0.05, 0.1) is 66.7 Å². The fourth-order valence-electron chi connectivity index (χ4n) is 11.0. The molecule has 3 amide bonds. The number of Topliss-reactive ketones (excluding diaryl/α,β-unsaturated/α-hetero) is 2. The van der Waals surface area contributed by atoms with Gasteiger partial charge in [0.15, 0.2) is 11.6 Å². The molecule has 2 aliphatic rings. The summed E-state index contributed by atoms with van der Waals surface area (Å²) in [5.74, 6) is -3.41. The number of fused-ring (bicyclic) bond motifs is 5.